The number of hydrogen-bond donors (Lipinski definition) is 1. The SMILES string of the molecule is CCC(C)c1ccc(OCC(=O)NCc2cccc(OC)c2)cc1. The van der Waals surface area contributed by atoms with E-state index in [0.29, 0.717) is 18.2 Å². The second kappa shape index (κ2) is 8.96. The zero-order chi connectivity index (χ0) is 17.4. The van der Waals surface area contributed by atoms with E-state index in [1.165, 1.54) is 5.56 Å². The summed E-state index contributed by atoms with van der Waals surface area (Å²) in [5, 5.41) is 2.84. The van der Waals surface area contributed by atoms with Gasteiger partial charge in [0.1, 0.15) is 11.5 Å². The summed E-state index contributed by atoms with van der Waals surface area (Å²) in [5.41, 5.74) is 2.27. The summed E-state index contributed by atoms with van der Waals surface area (Å²) in [6, 6.07) is 15.5. The molecule has 0 bridgehead atoms. The summed E-state index contributed by atoms with van der Waals surface area (Å²) in [4.78, 5) is 11.9. The molecule has 4 heteroatoms. The topological polar surface area (TPSA) is 47.6 Å². The molecular weight excluding hydrogens is 302 g/mol. The van der Waals surface area contributed by atoms with E-state index in [-0.39, 0.29) is 12.5 Å². The highest BCUT2D eigenvalue weighted by Gasteiger charge is 2.05. The van der Waals surface area contributed by atoms with Crippen LogP contribution in [0.3, 0.4) is 0 Å². The lowest BCUT2D eigenvalue weighted by Gasteiger charge is -2.11. The molecule has 0 saturated heterocycles. The Hall–Kier alpha value is -2.49. The van der Waals surface area contributed by atoms with E-state index in [9.17, 15) is 4.79 Å². The normalized spacial score (nSPS) is 11.6. The molecule has 0 aliphatic rings. The zero-order valence-corrected chi connectivity index (χ0v) is 14.5. The summed E-state index contributed by atoms with van der Waals surface area (Å²) in [7, 11) is 1.62. The van der Waals surface area contributed by atoms with Crippen LogP contribution in [0.4, 0.5) is 0 Å². The quantitative estimate of drug-likeness (QED) is 0.800. The van der Waals surface area contributed by atoms with Crippen LogP contribution in [-0.4, -0.2) is 19.6 Å². The van der Waals surface area contributed by atoms with Gasteiger partial charge in [0.2, 0.25) is 0 Å². The van der Waals surface area contributed by atoms with Gasteiger partial charge in [-0.15, -0.1) is 0 Å². The number of hydrogen-bond acceptors (Lipinski definition) is 3. The van der Waals surface area contributed by atoms with Crippen molar-refractivity contribution in [3.8, 4) is 11.5 Å². The Morgan fingerprint density at radius 2 is 1.88 bits per heavy atom. The lowest BCUT2D eigenvalue weighted by Crippen LogP contribution is -2.28. The van der Waals surface area contributed by atoms with Crippen LogP contribution in [0, 0.1) is 0 Å². The highest BCUT2D eigenvalue weighted by Crippen LogP contribution is 2.21. The molecule has 0 radical (unpaired) electrons. The number of rotatable bonds is 8. The van der Waals surface area contributed by atoms with Crippen LogP contribution in [0.15, 0.2) is 48.5 Å². The fourth-order valence-electron chi connectivity index (χ4n) is 2.31. The van der Waals surface area contributed by atoms with Gasteiger partial charge in [0.15, 0.2) is 6.61 Å². The van der Waals surface area contributed by atoms with Gasteiger partial charge in [-0.05, 0) is 47.7 Å². The molecular formula is C20H25NO3. The first-order valence-electron chi connectivity index (χ1n) is 8.24. The van der Waals surface area contributed by atoms with Crippen molar-refractivity contribution in [2.75, 3.05) is 13.7 Å². The fraction of sp³-hybridized carbons (Fsp3) is 0.350. The van der Waals surface area contributed by atoms with Crippen molar-refractivity contribution in [2.45, 2.75) is 32.7 Å². The highest BCUT2D eigenvalue weighted by atomic mass is 16.5. The average molecular weight is 327 g/mol. The smallest absolute Gasteiger partial charge is 0.258 e. The number of ether oxygens (including phenoxy) is 2. The average Bonchev–Trinajstić information content (AvgIpc) is 2.64. The van der Waals surface area contributed by atoms with Crippen molar-refractivity contribution in [1.82, 2.24) is 5.32 Å². The van der Waals surface area contributed by atoms with E-state index in [4.69, 9.17) is 9.47 Å². The van der Waals surface area contributed by atoms with Crippen molar-refractivity contribution < 1.29 is 14.3 Å². The van der Waals surface area contributed by atoms with Crippen LogP contribution < -0.4 is 14.8 Å². The molecule has 1 atom stereocenters. The van der Waals surface area contributed by atoms with Gasteiger partial charge in [-0.2, -0.15) is 0 Å². The molecule has 0 aromatic heterocycles. The Balaban J connectivity index is 1.78. The van der Waals surface area contributed by atoms with Crippen molar-refractivity contribution in [3.63, 3.8) is 0 Å². The third-order valence-electron chi connectivity index (χ3n) is 4.06. The maximum atomic E-state index is 11.9. The lowest BCUT2D eigenvalue weighted by molar-refractivity contribution is -0.123. The predicted molar refractivity (Wildman–Crippen MR) is 95.5 cm³/mol. The van der Waals surface area contributed by atoms with Crippen molar-refractivity contribution in [3.05, 3.63) is 59.7 Å². The number of carbonyl (C=O) groups excluding carboxylic acids is 1. The van der Waals surface area contributed by atoms with Gasteiger partial charge in [-0.1, -0.05) is 38.1 Å². The van der Waals surface area contributed by atoms with E-state index in [1.807, 2.05) is 36.4 Å². The van der Waals surface area contributed by atoms with Gasteiger partial charge in [-0.25, -0.2) is 0 Å². The second-order valence-corrected chi connectivity index (χ2v) is 5.80. The van der Waals surface area contributed by atoms with Crippen LogP contribution in [-0.2, 0) is 11.3 Å². The molecule has 1 N–H and O–H groups in total. The van der Waals surface area contributed by atoms with Gasteiger partial charge in [0.25, 0.3) is 5.91 Å². The number of methoxy groups -OCH3 is 1. The lowest BCUT2D eigenvalue weighted by atomic mass is 9.99. The summed E-state index contributed by atoms with van der Waals surface area (Å²) in [6.45, 7) is 4.82. The van der Waals surface area contributed by atoms with Crippen LogP contribution in [0.1, 0.15) is 37.3 Å². The first kappa shape index (κ1) is 17.9. The summed E-state index contributed by atoms with van der Waals surface area (Å²) in [5.74, 6) is 1.87. The molecule has 0 saturated carbocycles. The molecule has 1 amide bonds. The monoisotopic (exact) mass is 327 g/mol. The first-order valence-corrected chi connectivity index (χ1v) is 8.24. The molecule has 1 unspecified atom stereocenters. The van der Waals surface area contributed by atoms with Gasteiger partial charge in [0.05, 0.1) is 7.11 Å². The molecule has 128 valence electrons. The van der Waals surface area contributed by atoms with Gasteiger partial charge < -0.3 is 14.8 Å². The first-order chi connectivity index (χ1) is 11.6. The van der Waals surface area contributed by atoms with Crippen molar-refractivity contribution in [1.29, 1.82) is 0 Å². The van der Waals surface area contributed by atoms with E-state index < -0.39 is 0 Å². The third kappa shape index (κ3) is 5.30. The van der Waals surface area contributed by atoms with E-state index in [2.05, 4.69) is 31.3 Å². The molecule has 2 aromatic rings. The maximum absolute atomic E-state index is 11.9. The van der Waals surface area contributed by atoms with Crippen LogP contribution in [0.5, 0.6) is 11.5 Å². The van der Waals surface area contributed by atoms with Crippen LogP contribution >= 0.6 is 0 Å². The van der Waals surface area contributed by atoms with Gasteiger partial charge in [-0.3, -0.25) is 4.79 Å². The molecule has 4 nitrogen and oxygen atoms in total. The fourth-order valence-corrected chi connectivity index (χ4v) is 2.31. The molecule has 0 spiro atoms. The zero-order valence-electron chi connectivity index (χ0n) is 14.5. The van der Waals surface area contributed by atoms with E-state index in [1.54, 1.807) is 7.11 Å². The minimum Gasteiger partial charge on any atom is -0.497 e. The van der Waals surface area contributed by atoms with E-state index in [0.717, 1.165) is 17.7 Å². The number of benzene rings is 2. The second-order valence-electron chi connectivity index (χ2n) is 5.80. The summed E-state index contributed by atoms with van der Waals surface area (Å²) >= 11 is 0. The number of nitrogens with one attached hydrogen (secondary N) is 1. The third-order valence-corrected chi connectivity index (χ3v) is 4.06. The summed E-state index contributed by atoms with van der Waals surface area (Å²) < 4.78 is 10.7. The Morgan fingerprint density at radius 3 is 2.54 bits per heavy atom. The molecule has 0 aliphatic heterocycles. The minimum atomic E-state index is -0.149. The molecule has 2 aromatic carbocycles. The van der Waals surface area contributed by atoms with Crippen LogP contribution in [0.25, 0.3) is 0 Å². The maximum Gasteiger partial charge on any atom is 0.258 e. The van der Waals surface area contributed by atoms with Crippen molar-refractivity contribution >= 4 is 5.91 Å². The summed E-state index contributed by atoms with van der Waals surface area (Å²) in [6.07, 6.45) is 1.10. The minimum absolute atomic E-state index is 0.00659. The van der Waals surface area contributed by atoms with Crippen LogP contribution in [0.2, 0.25) is 0 Å². The Morgan fingerprint density at radius 1 is 1.12 bits per heavy atom. The Labute approximate surface area is 143 Å². The Bertz CT molecular complexity index is 652. The molecule has 0 fully saturated rings. The molecule has 2 rings (SSSR count). The van der Waals surface area contributed by atoms with E-state index >= 15 is 0 Å². The number of carbonyl (C=O) groups is 1. The standard InChI is InChI=1S/C20H25NO3/c1-4-15(2)17-8-10-18(11-9-17)24-14-20(22)21-13-16-6-5-7-19(12-16)23-3/h5-12,15H,4,13-14H2,1-3H3,(H,21,22). The highest BCUT2D eigenvalue weighted by molar-refractivity contribution is 5.77. The Kier molecular flexibility index (Phi) is 6.67. The molecule has 0 aliphatic carbocycles. The van der Waals surface area contributed by atoms with Gasteiger partial charge >= 0.3 is 0 Å². The largest absolute Gasteiger partial charge is 0.497 e. The van der Waals surface area contributed by atoms with Gasteiger partial charge in [0, 0.05) is 6.54 Å². The number of amides is 1. The predicted octanol–water partition coefficient (Wildman–Crippen LogP) is 3.90. The molecule has 24 heavy (non-hydrogen) atoms. The van der Waals surface area contributed by atoms with Crippen molar-refractivity contribution in [2.24, 2.45) is 0 Å². The molecule has 0 heterocycles.